The summed E-state index contributed by atoms with van der Waals surface area (Å²) in [5, 5.41) is 4.45. The number of piperazine rings is 1. The van der Waals surface area contributed by atoms with E-state index in [1.54, 1.807) is 43.6 Å². The molecule has 1 atom stereocenters. The Morgan fingerprint density at radius 3 is 2.70 bits per heavy atom. The lowest BCUT2D eigenvalue weighted by Gasteiger charge is -2.33. The maximum Gasteiger partial charge on any atom is 0.227 e. The highest BCUT2D eigenvalue weighted by Gasteiger charge is 2.29. The second-order valence-corrected chi connectivity index (χ2v) is 9.11. The van der Waals surface area contributed by atoms with Crippen molar-refractivity contribution in [2.45, 2.75) is 26.2 Å². The normalized spacial score (nSPS) is 18.7. The van der Waals surface area contributed by atoms with E-state index >= 15 is 0 Å². The number of ether oxygens (including phenoxy) is 1. The Kier molecular flexibility index (Phi) is 6.15. The number of hydrogen-bond donors (Lipinski definition) is 1. The van der Waals surface area contributed by atoms with E-state index in [1.807, 2.05) is 4.90 Å². The number of nitrogens with zero attached hydrogens (tertiary/aromatic N) is 3. The number of benzene rings is 1. The minimum atomic E-state index is -0.0822. The molecule has 2 aromatic rings. The number of aromatic nitrogens is 1. The molecule has 0 saturated carbocycles. The van der Waals surface area contributed by atoms with E-state index in [0.717, 1.165) is 49.8 Å². The standard InChI is InChI=1S/C21H25ClN4O3S/c1-13(27)25-7-9-26(10-8-25)21-24-17-5-3-14(11-19(17)30-21)20(28)23-15-4-6-18(29-2)16(22)12-15/h4,6,12,14H,3,5,7-11H2,1-2H3,(H,23,28)/t14-/m0/s1. The van der Waals surface area contributed by atoms with Crippen LogP contribution in [-0.4, -0.2) is 55.0 Å². The van der Waals surface area contributed by atoms with Crippen LogP contribution in [0.1, 0.15) is 23.9 Å². The van der Waals surface area contributed by atoms with Crippen molar-refractivity contribution in [3.8, 4) is 5.75 Å². The Morgan fingerprint density at radius 2 is 2.03 bits per heavy atom. The third kappa shape index (κ3) is 4.39. The monoisotopic (exact) mass is 448 g/mol. The largest absolute Gasteiger partial charge is 0.495 e. The molecule has 1 aliphatic carbocycles. The number of thiazole rings is 1. The van der Waals surface area contributed by atoms with Gasteiger partial charge in [0.05, 0.1) is 17.8 Å². The maximum atomic E-state index is 12.8. The number of halogens is 1. The average molecular weight is 449 g/mol. The predicted molar refractivity (Wildman–Crippen MR) is 119 cm³/mol. The molecule has 0 spiro atoms. The summed E-state index contributed by atoms with van der Waals surface area (Å²) in [5.41, 5.74) is 1.78. The first-order chi connectivity index (χ1) is 14.4. The Hall–Kier alpha value is -2.32. The van der Waals surface area contributed by atoms with Crippen LogP contribution in [0.5, 0.6) is 5.75 Å². The van der Waals surface area contributed by atoms with Gasteiger partial charge >= 0.3 is 0 Å². The SMILES string of the molecule is COc1ccc(NC(=O)[C@H]2CCc3nc(N4CCN(C(C)=O)CC4)sc3C2)cc1Cl. The minimum Gasteiger partial charge on any atom is -0.495 e. The van der Waals surface area contributed by atoms with Crippen molar-refractivity contribution < 1.29 is 14.3 Å². The molecule has 1 fully saturated rings. The van der Waals surface area contributed by atoms with E-state index in [1.165, 1.54) is 4.88 Å². The number of hydrogen-bond acceptors (Lipinski definition) is 6. The maximum absolute atomic E-state index is 12.8. The van der Waals surface area contributed by atoms with Crippen molar-refractivity contribution in [3.63, 3.8) is 0 Å². The van der Waals surface area contributed by atoms with Gasteiger partial charge in [0.15, 0.2) is 5.13 Å². The summed E-state index contributed by atoms with van der Waals surface area (Å²) in [4.78, 5) is 34.5. The number of methoxy groups -OCH3 is 1. The van der Waals surface area contributed by atoms with Crippen LogP contribution in [-0.2, 0) is 22.4 Å². The van der Waals surface area contributed by atoms with Gasteiger partial charge in [0.2, 0.25) is 11.8 Å². The molecule has 2 amide bonds. The molecule has 160 valence electrons. The fourth-order valence-electron chi connectivity index (χ4n) is 3.92. The number of carbonyl (C=O) groups is 2. The quantitative estimate of drug-likeness (QED) is 0.777. The predicted octanol–water partition coefficient (Wildman–Crippen LogP) is 3.22. The molecule has 1 aliphatic heterocycles. The van der Waals surface area contributed by atoms with Gasteiger partial charge in [0.1, 0.15) is 5.75 Å². The number of aryl methyl sites for hydroxylation is 1. The van der Waals surface area contributed by atoms with Gasteiger partial charge in [-0.25, -0.2) is 4.98 Å². The zero-order chi connectivity index (χ0) is 21.3. The third-order valence-corrected chi connectivity index (χ3v) is 7.19. The van der Waals surface area contributed by atoms with Crippen molar-refractivity contribution in [2.24, 2.45) is 5.92 Å². The fraction of sp³-hybridized carbons (Fsp3) is 0.476. The molecule has 1 N–H and O–H groups in total. The van der Waals surface area contributed by atoms with Gasteiger partial charge in [-0.1, -0.05) is 11.6 Å². The molecule has 0 unspecified atom stereocenters. The van der Waals surface area contributed by atoms with Crippen molar-refractivity contribution in [1.29, 1.82) is 0 Å². The molecule has 2 aliphatic rings. The fourth-order valence-corrected chi connectivity index (χ4v) is 5.42. The lowest BCUT2D eigenvalue weighted by Crippen LogP contribution is -2.48. The molecule has 1 saturated heterocycles. The zero-order valence-electron chi connectivity index (χ0n) is 17.1. The van der Waals surface area contributed by atoms with Crippen LogP contribution in [0.4, 0.5) is 10.8 Å². The molecule has 0 bridgehead atoms. The summed E-state index contributed by atoms with van der Waals surface area (Å²) < 4.78 is 5.16. The summed E-state index contributed by atoms with van der Waals surface area (Å²) >= 11 is 7.84. The third-order valence-electron chi connectivity index (χ3n) is 5.71. The van der Waals surface area contributed by atoms with Crippen LogP contribution in [0.3, 0.4) is 0 Å². The Balaban J connectivity index is 1.38. The number of anilines is 2. The number of amides is 2. The smallest absolute Gasteiger partial charge is 0.227 e. The minimum absolute atomic E-state index is 0.00639. The van der Waals surface area contributed by atoms with E-state index in [4.69, 9.17) is 21.3 Å². The summed E-state index contributed by atoms with van der Waals surface area (Å²) in [6, 6.07) is 5.25. The van der Waals surface area contributed by atoms with Gasteiger partial charge in [-0.05, 0) is 37.5 Å². The highest BCUT2D eigenvalue weighted by Crippen LogP contribution is 2.35. The average Bonchev–Trinajstić information content (AvgIpc) is 3.17. The first-order valence-corrected chi connectivity index (χ1v) is 11.3. The van der Waals surface area contributed by atoms with Crippen molar-refractivity contribution in [3.05, 3.63) is 33.8 Å². The topological polar surface area (TPSA) is 74.8 Å². The van der Waals surface area contributed by atoms with E-state index in [-0.39, 0.29) is 17.7 Å². The van der Waals surface area contributed by atoms with Crippen LogP contribution >= 0.6 is 22.9 Å². The summed E-state index contributed by atoms with van der Waals surface area (Å²) in [6.45, 7) is 4.68. The molecule has 9 heteroatoms. The number of nitrogens with one attached hydrogen (secondary N) is 1. The molecule has 4 rings (SSSR count). The lowest BCUT2D eigenvalue weighted by molar-refractivity contribution is -0.129. The number of carbonyl (C=O) groups excluding carboxylic acids is 2. The van der Waals surface area contributed by atoms with Crippen LogP contribution in [0.2, 0.25) is 5.02 Å². The molecular weight excluding hydrogens is 424 g/mol. The van der Waals surface area contributed by atoms with Crippen LogP contribution in [0.15, 0.2) is 18.2 Å². The highest BCUT2D eigenvalue weighted by atomic mass is 35.5. The molecular formula is C21H25ClN4O3S. The Bertz CT molecular complexity index is 956. The van der Waals surface area contributed by atoms with E-state index in [9.17, 15) is 9.59 Å². The first kappa shape index (κ1) is 20.9. The van der Waals surface area contributed by atoms with Gasteiger partial charge in [0.25, 0.3) is 0 Å². The van der Waals surface area contributed by atoms with E-state index < -0.39 is 0 Å². The summed E-state index contributed by atoms with van der Waals surface area (Å²) in [6.07, 6.45) is 2.29. The first-order valence-electron chi connectivity index (χ1n) is 10.1. The number of fused-ring (bicyclic) bond motifs is 1. The summed E-state index contributed by atoms with van der Waals surface area (Å²) in [5.74, 6) is 0.631. The van der Waals surface area contributed by atoms with Gasteiger partial charge in [-0.2, -0.15) is 0 Å². The molecule has 30 heavy (non-hydrogen) atoms. The zero-order valence-corrected chi connectivity index (χ0v) is 18.7. The molecule has 2 heterocycles. The molecule has 1 aromatic heterocycles. The highest BCUT2D eigenvalue weighted by molar-refractivity contribution is 7.15. The Labute approximate surface area is 185 Å². The molecule has 0 radical (unpaired) electrons. The van der Waals surface area contributed by atoms with Gasteiger partial charge in [-0.15, -0.1) is 11.3 Å². The second kappa shape index (κ2) is 8.81. The van der Waals surface area contributed by atoms with Crippen LogP contribution < -0.4 is 15.0 Å². The van der Waals surface area contributed by atoms with Crippen molar-refractivity contribution >= 4 is 45.6 Å². The van der Waals surface area contributed by atoms with Crippen LogP contribution in [0.25, 0.3) is 0 Å². The van der Waals surface area contributed by atoms with Crippen molar-refractivity contribution in [2.75, 3.05) is 43.5 Å². The molecule has 1 aromatic carbocycles. The van der Waals surface area contributed by atoms with Gasteiger partial charge in [-0.3, -0.25) is 9.59 Å². The van der Waals surface area contributed by atoms with E-state index in [0.29, 0.717) is 22.9 Å². The van der Waals surface area contributed by atoms with Gasteiger partial charge in [0, 0.05) is 49.6 Å². The second-order valence-electron chi connectivity index (χ2n) is 7.64. The number of rotatable bonds is 4. The lowest BCUT2D eigenvalue weighted by atomic mass is 9.90. The van der Waals surface area contributed by atoms with Crippen molar-refractivity contribution in [1.82, 2.24) is 9.88 Å². The molecule has 7 nitrogen and oxygen atoms in total. The summed E-state index contributed by atoms with van der Waals surface area (Å²) in [7, 11) is 1.56. The van der Waals surface area contributed by atoms with Crippen LogP contribution in [0, 0.1) is 5.92 Å². The van der Waals surface area contributed by atoms with Gasteiger partial charge < -0.3 is 19.9 Å². The van der Waals surface area contributed by atoms with E-state index in [2.05, 4.69) is 10.2 Å². The Morgan fingerprint density at radius 1 is 1.27 bits per heavy atom.